The third-order valence-electron chi connectivity index (χ3n) is 2.27. The van der Waals surface area contributed by atoms with Gasteiger partial charge in [0.05, 0.1) is 10.6 Å². The van der Waals surface area contributed by atoms with Gasteiger partial charge in [-0.1, -0.05) is 16.8 Å². The number of carbonyl (C=O) groups excluding carboxylic acids is 1. The molecular weight excluding hydrogens is 285 g/mol. The summed E-state index contributed by atoms with van der Waals surface area (Å²) in [6.45, 7) is 1.27. The van der Waals surface area contributed by atoms with Crippen molar-refractivity contribution >= 4 is 17.4 Å². The summed E-state index contributed by atoms with van der Waals surface area (Å²) >= 11 is 5.73. The number of ketones is 1. The van der Waals surface area contributed by atoms with Gasteiger partial charge in [0.1, 0.15) is 11.4 Å². The van der Waals surface area contributed by atoms with Gasteiger partial charge in [0.25, 0.3) is 0 Å². The summed E-state index contributed by atoms with van der Waals surface area (Å²) in [6, 6.07) is 2.01. The van der Waals surface area contributed by atoms with Crippen molar-refractivity contribution < 1.29 is 22.5 Å². The van der Waals surface area contributed by atoms with E-state index in [9.17, 15) is 18.0 Å². The average molecular weight is 291 g/mol. The topological polar surface area (TPSA) is 56.0 Å². The summed E-state index contributed by atoms with van der Waals surface area (Å²) in [4.78, 5) is 14.6. The Kier molecular flexibility index (Phi) is 3.32. The Hall–Kier alpha value is -1.89. The van der Waals surface area contributed by atoms with Crippen LogP contribution in [0.15, 0.2) is 22.9 Å². The summed E-state index contributed by atoms with van der Waals surface area (Å²) in [5.74, 6) is -0.380. The van der Waals surface area contributed by atoms with Gasteiger partial charge < -0.3 is 4.52 Å². The molecule has 2 aromatic heterocycles. The third kappa shape index (κ3) is 2.76. The molecule has 0 aromatic carbocycles. The molecule has 100 valence electrons. The first-order chi connectivity index (χ1) is 8.79. The fourth-order valence-corrected chi connectivity index (χ4v) is 1.60. The summed E-state index contributed by atoms with van der Waals surface area (Å²) in [7, 11) is 0. The van der Waals surface area contributed by atoms with E-state index >= 15 is 0 Å². The highest BCUT2D eigenvalue weighted by Crippen LogP contribution is 2.33. The van der Waals surface area contributed by atoms with Crippen LogP contribution in [0.4, 0.5) is 13.2 Å². The molecule has 2 aromatic rings. The number of Topliss-reactive ketones (excluding diaryl/α,β-unsaturated/α-hetero) is 1. The molecule has 0 aliphatic carbocycles. The molecule has 2 heterocycles. The number of nitrogens with zero attached hydrogens (tertiary/aromatic N) is 2. The molecule has 4 nitrogen and oxygen atoms in total. The Morgan fingerprint density at radius 3 is 2.53 bits per heavy atom. The SMILES string of the molecule is CC(=O)c1cc(-c2ncc(C(F)(F)F)cc2Cl)no1. The molecule has 0 bridgehead atoms. The van der Waals surface area contributed by atoms with Gasteiger partial charge in [0, 0.05) is 19.2 Å². The number of halogens is 4. The van der Waals surface area contributed by atoms with Gasteiger partial charge in [0.2, 0.25) is 5.76 Å². The molecule has 0 saturated heterocycles. The Morgan fingerprint density at radius 2 is 2.05 bits per heavy atom. The molecule has 0 radical (unpaired) electrons. The van der Waals surface area contributed by atoms with E-state index in [0.717, 1.165) is 6.07 Å². The largest absolute Gasteiger partial charge is 0.417 e. The van der Waals surface area contributed by atoms with Crippen LogP contribution in [0.5, 0.6) is 0 Å². The van der Waals surface area contributed by atoms with Gasteiger partial charge in [-0.15, -0.1) is 0 Å². The van der Waals surface area contributed by atoms with Crippen LogP contribution in [0, 0.1) is 0 Å². The first kappa shape index (κ1) is 13.5. The molecule has 0 N–H and O–H groups in total. The van der Waals surface area contributed by atoms with Crippen molar-refractivity contribution in [3.63, 3.8) is 0 Å². The zero-order chi connectivity index (χ0) is 14.2. The average Bonchev–Trinajstić information content (AvgIpc) is 2.76. The van der Waals surface area contributed by atoms with Gasteiger partial charge in [0.15, 0.2) is 5.78 Å². The van der Waals surface area contributed by atoms with Crippen LogP contribution < -0.4 is 0 Å². The van der Waals surface area contributed by atoms with Crippen LogP contribution >= 0.6 is 11.6 Å². The lowest BCUT2D eigenvalue weighted by atomic mass is 10.2. The first-order valence-corrected chi connectivity index (χ1v) is 5.37. The predicted molar refractivity (Wildman–Crippen MR) is 59.8 cm³/mol. The quantitative estimate of drug-likeness (QED) is 0.793. The van der Waals surface area contributed by atoms with Crippen molar-refractivity contribution in [1.29, 1.82) is 0 Å². The van der Waals surface area contributed by atoms with Crippen LogP contribution in [0.1, 0.15) is 23.0 Å². The summed E-state index contributed by atoms with van der Waals surface area (Å²) < 4.78 is 42.0. The predicted octanol–water partition coefficient (Wildman–Crippen LogP) is 3.61. The van der Waals surface area contributed by atoms with E-state index in [1.807, 2.05) is 0 Å². The van der Waals surface area contributed by atoms with Crippen LogP contribution in [-0.4, -0.2) is 15.9 Å². The van der Waals surface area contributed by atoms with Gasteiger partial charge in [-0.2, -0.15) is 13.2 Å². The van der Waals surface area contributed by atoms with E-state index in [4.69, 9.17) is 16.1 Å². The molecule has 8 heteroatoms. The highest BCUT2D eigenvalue weighted by Gasteiger charge is 2.32. The lowest BCUT2D eigenvalue weighted by molar-refractivity contribution is -0.137. The van der Waals surface area contributed by atoms with Crippen LogP contribution in [0.2, 0.25) is 5.02 Å². The number of alkyl halides is 3. The summed E-state index contributed by atoms with van der Waals surface area (Å²) in [5.41, 5.74) is -0.841. The zero-order valence-electron chi connectivity index (χ0n) is 9.45. The van der Waals surface area contributed by atoms with Crippen molar-refractivity contribution in [2.45, 2.75) is 13.1 Å². The van der Waals surface area contributed by atoms with Crippen molar-refractivity contribution in [3.8, 4) is 11.4 Å². The van der Waals surface area contributed by atoms with E-state index in [1.54, 1.807) is 0 Å². The standard InChI is InChI=1S/C11H6ClF3N2O2/c1-5(18)9-3-8(17-19-9)10-7(12)2-6(4-16-10)11(13,14)15/h2-4H,1H3. The van der Waals surface area contributed by atoms with Crippen molar-refractivity contribution in [2.24, 2.45) is 0 Å². The molecule has 0 saturated carbocycles. The highest BCUT2D eigenvalue weighted by molar-refractivity contribution is 6.33. The van der Waals surface area contributed by atoms with E-state index in [1.165, 1.54) is 13.0 Å². The first-order valence-electron chi connectivity index (χ1n) is 5.00. The molecule has 0 aliphatic rings. The molecule has 0 unspecified atom stereocenters. The van der Waals surface area contributed by atoms with Gasteiger partial charge in [-0.05, 0) is 6.07 Å². The number of hydrogen-bond donors (Lipinski definition) is 0. The maximum Gasteiger partial charge on any atom is 0.417 e. The lowest BCUT2D eigenvalue weighted by Crippen LogP contribution is -2.05. The maximum atomic E-state index is 12.4. The Morgan fingerprint density at radius 1 is 1.37 bits per heavy atom. The van der Waals surface area contributed by atoms with Crippen LogP contribution in [0.25, 0.3) is 11.4 Å². The Balaban J connectivity index is 2.43. The third-order valence-corrected chi connectivity index (χ3v) is 2.56. The fraction of sp³-hybridized carbons (Fsp3) is 0.182. The fourth-order valence-electron chi connectivity index (χ4n) is 1.33. The Labute approximate surface area is 110 Å². The van der Waals surface area contributed by atoms with Crippen molar-refractivity contribution in [1.82, 2.24) is 10.1 Å². The Bertz CT molecular complexity index is 637. The minimum absolute atomic E-state index is 0.0194. The zero-order valence-corrected chi connectivity index (χ0v) is 10.2. The van der Waals surface area contributed by atoms with Crippen LogP contribution in [-0.2, 0) is 6.18 Å². The molecule has 0 aliphatic heterocycles. The molecule has 0 spiro atoms. The molecule has 0 amide bonds. The van der Waals surface area contributed by atoms with Crippen molar-refractivity contribution in [3.05, 3.63) is 34.7 Å². The van der Waals surface area contributed by atoms with Gasteiger partial charge >= 0.3 is 6.18 Å². The molecule has 0 fully saturated rings. The summed E-state index contributed by atoms with van der Waals surface area (Å²) in [6.07, 6.45) is -3.88. The second-order valence-electron chi connectivity index (χ2n) is 3.68. The van der Waals surface area contributed by atoms with Crippen LogP contribution in [0.3, 0.4) is 0 Å². The monoisotopic (exact) mass is 290 g/mol. The minimum atomic E-state index is -4.52. The van der Waals surface area contributed by atoms with Gasteiger partial charge in [-0.3, -0.25) is 9.78 Å². The second kappa shape index (κ2) is 4.65. The molecule has 0 atom stereocenters. The minimum Gasteiger partial charge on any atom is -0.352 e. The van der Waals surface area contributed by atoms with E-state index in [2.05, 4.69) is 10.1 Å². The normalized spacial score (nSPS) is 11.6. The van der Waals surface area contributed by atoms with Crippen molar-refractivity contribution in [2.75, 3.05) is 0 Å². The number of pyridine rings is 1. The summed E-state index contributed by atoms with van der Waals surface area (Å²) in [5, 5.41) is 3.31. The molecule has 19 heavy (non-hydrogen) atoms. The smallest absolute Gasteiger partial charge is 0.352 e. The van der Waals surface area contributed by atoms with Gasteiger partial charge in [-0.25, -0.2) is 0 Å². The molecule has 2 rings (SSSR count). The highest BCUT2D eigenvalue weighted by atomic mass is 35.5. The second-order valence-corrected chi connectivity index (χ2v) is 4.09. The number of aromatic nitrogens is 2. The van der Waals surface area contributed by atoms with E-state index in [-0.39, 0.29) is 28.0 Å². The van der Waals surface area contributed by atoms with E-state index < -0.39 is 11.7 Å². The maximum absolute atomic E-state index is 12.4. The van der Waals surface area contributed by atoms with E-state index in [0.29, 0.717) is 6.20 Å². The number of rotatable bonds is 2. The number of carbonyl (C=O) groups is 1. The lowest BCUT2D eigenvalue weighted by Gasteiger charge is -2.07. The number of hydrogen-bond acceptors (Lipinski definition) is 4. The molecular formula is C11H6ClF3N2O2.